The molecule has 0 aliphatic carbocycles. The Bertz CT molecular complexity index is 748. The summed E-state index contributed by atoms with van der Waals surface area (Å²) in [5.74, 6) is -2.12. The molecule has 0 saturated heterocycles. The first-order valence-electron chi connectivity index (χ1n) is 6.91. The number of esters is 1. The van der Waals surface area contributed by atoms with E-state index in [1.54, 1.807) is 18.2 Å². The second kappa shape index (κ2) is 7.24. The predicted octanol–water partition coefficient (Wildman–Crippen LogP) is 3.97. The normalized spacial score (nSPS) is 11.7. The van der Waals surface area contributed by atoms with Gasteiger partial charge in [-0.1, -0.05) is 29.8 Å². The van der Waals surface area contributed by atoms with E-state index < -0.39 is 23.8 Å². The molecule has 0 fully saturated rings. The third kappa shape index (κ3) is 4.29. The highest BCUT2D eigenvalue weighted by molar-refractivity contribution is 6.31. The number of anilines is 1. The molecule has 0 radical (unpaired) electrons. The summed E-state index contributed by atoms with van der Waals surface area (Å²) in [7, 11) is 0. The van der Waals surface area contributed by atoms with Crippen molar-refractivity contribution in [2.45, 2.75) is 20.0 Å². The molecule has 0 aliphatic rings. The average Bonchev–Trinajstić information content (AvgIpc) is 2.51. The van der Waals surface area contributed by atoms with Crippen LogP contribution in [0.2, 0.25) is 5.02 Å². The molecule has 0 aliphatic heterocycles. The van der Waals surface area contributed by atoms with Gasteiger partial charge in [0.05, 0.1) is 5.56 Å². The largest absolute Gasteiger partial charge is 0.449 e. The van der Waals surface area contributed by atoms with E-state index in [0.29, 0.717) is 10.7 Å². The summed E-state index contributed by atoms with van der Waals surface area (Å²) in [6.07, 6.45) is -1.08. The molecule has 1 atom stereocenters. The van der Waals surface area contributed by atoms with E-state index in [-0.39, 0.29) is 5.56 Å². The Hall–Kier alpha value is -2.40. The third-order valence-corrected chi connectivity index (χ3v) is 3.44. The van der Waals surface area contributed by atoms with Gasteiger partial charge in [0.15, 0.2) is 6.10 Å². The number of carbonyl (C=O) groups excluding carboxylic acids is 2. The molecule has 0 spiro atoms. The van der Waals surface area contributed by atoms with E-state index in [4.69, 9.17) is 16.3 Å². The highest BCUT2D eigenvalue weighted by atomic mass is 35.5. The number of amides is 1. The lowest BCUT2D eigenvalue weighted by Gasteiger charge is -2.15. The van der Waals surface area contributed by atoms with E-state index >= 15 is 0 Å². The van der Waals surface area contributed by atoms with E-state index in [0.717, 1.165) is 11.6 Å². The van der Waals surface area contributed by atoms with E-state index in [9.17, 15) is 14.0 Å². The first-order valence-corrected chi connectivity index (χ1v) is 7.29. The lowest BCUT2D eigenvalue weighted by molar-refractivity contribution is -0.123. The van der Waals surface area contributed by atoms with Gasteiger partial charge in [0.2, 0.25) is 0 Å². The predicted molar refractivity (Wildman–Crippen MR) is 86.1 cm³/mol. The van der Waals surface area contributed by atoms with Gasteiger partial charge in [-0.15, -0.1) is 0 Å². The maximum atomic E-state index is 13.5. The molecule has 2 aromatic rings. The fourth-order valence-electron chi connectivity index (χ4n) is 1.87. The Kier molecular flexibility index (Phi) is 5.34. The molecule has 23 heavy (non-hydrogen) atoms. The van der Waals surface area contributed by atoms with Crippen molar-refractivity contribution < 1.29 is 18.7 Å². The fourth-order valence-corrected chi connectivity index (χ4v) is 2.04. The van der Waals surface area contributed by atoms with Crippen LogP contribution in [0.4, 0.5) is 10.1 Å². The molecule has 0 bridgehead atoms. The fraction of sp³-hybridized carbons (Fsp3) is 0.176. The number of rotatable bonds is 4. The van der Waals surface area contributed by atoms with Crippen molar-refractivity contribution in [1.29, 1.82) is 0 Å². The van der Waals surface area contributed by atoms with Crippen molar-refractivity contribution in [3.63, 3.8) is 0 Å². The van der Waals surface area contributed by atoms with Crippen molar-refractivity contribution in [1.82, 2.24) is 0 Å². The maximum absolute atomic E-state index is 13.5. The number of hydrogen-bond donors (Lipinski definition) is 1. The number of halogens is 2. The minimum absolute atomic E-state index is 0.217. The van der Waals surface area contributed by atoms with Gasteiger partial charge in [-0.2, -0.15) is 0 Å². The summed E-state index contributed by atoms with van der Waals surface area (Å²) in [5, 5.41) is 3.10. The Labute approximate surface area is 138 Å². The van der Waals surface area contributed by atoms with Crippen molar-refractivity contribution in [3.05, 3.63) is 64.4 Å². The minimum atomic E-state index is -1.08. The van der Waals surface area contributed by atoms with Crippen molar-refractivity contribution in [2.75, 3.05) is 5.32 Å². The van der Waals surface area contributed by atoms with Gasteiger partial charge in [-0.3, -0.25) is 4.79 Å². The molecule has 0 saturated carbocycles. The van der Waals surface area contributed by atoms with Crippen LogP contribution in [-0.4, -0.2) is 18.0 Å². The molecule has 6 heteroatoms. The van der Waals surface area contributed by atoms with Crippen LogP contribution in [0, 0.1) is 12.7 Å². The minimum Gasteiger partial charge on any atom is -0.449 e. The molecule has 0 heterocycles. The Balaban J connectivity index is 2.04. The van der Waals surface area contributed by atoms with Gasteiger partial charge in [-0.25, -0.2) is 9.18 Å². The summed E-state index contributed by atoms with van der Waals surface area (Å²) >= 11 is 5.88. The zero-order valence-corrected chi connectivity index (χ0v) is 13.4. The van der Waals surface area contributed by atoms with Crippen molar-refractivity contribution in [2.24, 2.45) is 0 Å². The molecule has 120 valence electrons. The Morgan fingerprint density at radius 3 is 2.61 bits per heavy atom. The second-order valence-electron chi connectivity index (χ2n) is 4.98. The van der Waals surface area contributed by atoms with Crippen LogP contribution < -0.4 is 5.32 Å². The maximum Gasteiger partial charge on any atom is 0.341 e. The molecule has 4 nitrogen and oxygen atoms in total. The van der Waals surface area contributed by atoms with Gasteiger partial charge < -0.3 is 10.1 Å². The molecular weight excluding hydrogens is 321 g/mol. The summed E-state index contributed by atoms with van der Waals surface area (Å²) < 4.78 is 18.5. The average molecular weight is 336 g/mol. The summed E-state index contributed by atoms with van der Waals surface area (Å²) in [4.78, 5) is 24.0. The summed E-state index contributed by atoms with van der Waals surface area (Å²) in [6.45, 7) is 3.22. The quantitative estimate of drug-likeness (QED) is 0.860. The molecule has 1 N–H and O–H groups in total. The lowest BCUT2D eigenvalue weighted by Crippen LogP contribution is -2.30. The molecular formula is C17H15ClFNO3. The van der Waals surface area contributed by atoms with Gasteiger partial charge in [-0.05, 0) is 43.7 Å². The first-order chi connectivity index (χ1) is 10.9. The number of ether oxygens (including phenoxy) is 1. The summed E-state index contributed by atoms with van der Waals surface area (Å²) in [5.41, 5.74) is 1.12. The molecule has 1 amide bonds. The first kappa shape index (κ1) is 17.0. The van der Waals surface area contributed by atoms with Crippen LogP contribution in [0.3, 0.4) is 0 Å². The SMILES string of the molecule is Cc1ccc(Cl)cc1NC(=O)[C@H](C)OC(=O)c1ccccc1F. The summed E-state index contributed by atoms with van der Waals surface area (Å²) in [6, 6.07) is 10.5. The van der Waals surface area contributed by atoms with Gasteiger partial charge in [0, 0.05) is 10.7 Å². The molecule has 2 aromatic carbocycles. The highest BCUT2D eigenvalue weighted by Gasteiger charge is 2.21. The van der Waals surface area contributed by atoms with Gasteiger partial charge in [0.1, 0.15) is 5.82 Å². The Morgan fingerprint density at radius 1 is 1.22 bits per heavy atom. The number of carbonyl (C=O) groups is 2. The van der Waals surface area contributed by atoms with Crippen molar-refractivity contribution >= 4 is 29.2 Å². The molecule has 2 rings (SSSR count). The van der Waals surface area contributed by atoms with Gasteiger partial charge >= 0.3 is 5.97 Å². The van der Waals surface area contributed by atoms with Crippen LogP contribution in [0.1, 0.15) is 22.8 Å². The van der Waals surface area contributed by atoms with E-state index in [2.05, 4.69) is 5.32 Å². The number of nitrogens with one attached hydrogen (secondary N) is 1. The topological polar surface area (TPSA) is 55.4 Å². The van der Waals surface area contributed by atoms with Crippen LogP contribution in [0.25, 0.3) is 0 Å². The Morgan fingerprint density at radius 2 is 1.91 bits per heavy atom. The van der Waals surface area contributed by atoms with Crippen molar-refractivity contribution in [3.8, 4) is 0 Å². The van der Waals surface area contributed by atoms with Crippen LogP contribution in [-0.2, 0) is 9.53 Å². The highest BCUT2D eigenvalue weighted by Crippen LogP contribution is 2.20. The second-order valence-corrected chi connectivity index (χ2v) is 5.41. The zero-order chi connectivity index (χ0) is 17.0. The van der Waals surface area contributed by atoms with E-state index in [1.165, 1.54) is 25.1 Å². The third-order valence-electron chi connectivity index (χ3n) is 3.20. The zero-order valence-electron chi connectivity index (χ0n) is 12.6. The monoisotopic (exact) mass is 335 g/mol. The van der Waals surface area contributed by atoms with Gasteiger partial charge in [0.25, 0.3) is 5.91 Å². The smallest absolute Gasteiger partial charge is 0.341 e. The molecule has 0 unspecified atom stereocenters. The van der Waals surface area contributed by atoms with Crippen LogP contribution >= 0.6 is 11.6 Å². The lowest BCUT2D eigenvalue weighted by atomic mass is 10.2. The number of hydrogen-bond acceptors (Lipinski definition) is 3. The van der Waals surface area contributed by atoms with E-state index in [1.807, 2.05) is 6.92 Å². The van der Waals surface area contributed by atoms with Crippen LogP contribution in [0.15, 0.2) is 42.5 Å². The number of benzene rings is 2. The molecule has 0 aromatic heterocycles. The number of aryl methyl sites for hydroxylation is 1. The standard InChI is InChI=1S/C17H15ClFNO3/c1-10-7-8-12(18)9-15(10)20-16(21)11(2)23-17(22)13-5-3-4-6-14(13)19/h3-9,11H,1-2H3,(H,20,21)/t11-/m0/s1. The van der Waals surface area contributed by atoms with Crippen LogP contribution in [0.5, 0.6) is 0 Å².